The summed E-state index contributed by atoms with van der Waals surface area (Å²) in [6.07, 6.45) is -0.883. The minimum Gasteiger partial charge on any atom is -0.386 e. The van der Waals surface area contributed by atoms with E-state index in [-0.39, 0.29) is 17.2 Å². The minimum absolute atomic E-state index is 0.0626. The molecule has 0 spiro atoms. The van der Waals surface area contributed by atoms with Crippen LogP contribution in [0.15, 0.2) is 40.6 Å². The normalized spacial score (nSPS) is 13.0. The number of rotatable bonds is 6. The van der Waals surface area contributed by atoms with Crippen molar-refractivity contribution in [2.75, 3.05) is 6.54 Å². The summed E-state index contributed by atoms with van der Waals surface area (Å²) in [5.41, 5.74) is 1.38. The van der Waals surface area contributed by atoms with E-state index in [1.165, 1.54) is 42.5 Å². The zero-order chi connectivity index (χ0) is 16.3. The van der Waals surface area contributed by atoms with Gasteiger partial charge in [-0.05, 0) is 43.0 Å². The molecule has 0 aliphatic carbocycles. The molecule has 2 N–H and O–H groups in total. The first-order valence-corrected chi connectivity index (χ1v) is 9.00. The van der Waals surface area contributed by atoms with Crippen LogP contribution >= 0.6 is 11.3 Å². The molecule has 1 unspecified atom stereocenters. The minimum atomic E-state index is -3.72. The fraction of sp³-hybridized carbons (Fsp3) is 0.267. The standard InChI is InChI=1S/C15H17NO4S2/c1-10-7-8-21-15(10)14(18)9-16-22(19,20)13-5-3-12(4-6-13)11(2)17/h3-8,14,16,18H,9H2,1-2H3. The maximum atomic E-state index is 12.2. The van der Waals surface area contributed by atoms with Gasteiger partial charge in [-0.2, -0.15) is 0 Å². The molecule has 22 heavy (non-hydrogen) atoms. The predicted octanol–water partition coefficient (Wildman–Crippen LogP) is 2.27. The van der Waals surface area contributed by atoms with Gasteiger partial charge in [-0.25, -0.2) is 13.1 Å². The van der Waals surface area contributed by atoms with Crippen LogP contribution in [0.25, 0.3) is 0 Å². The van der Waals surface area contributed by atoms with E-state index < -0.39 is 16.1 Å². The summed E-state index contributed by atoms with van der Waals surface area (Å²) in [6.45, 7) is 3.18. The van der Waals surface area contributed by atoms with Crippen molar-refractivity contribution in [3.05, 3.63) is 51.7 Å². The number of hydrogen-bond acceptors (Lipinski definition) is 5. The lowest BCUT2D eigenvalue weighted by atomic mass is 10.2. The van der Waals surface area contributed by atoms with Gasteiger partial charge in [-0.3, -0.25) is 4.79 Å². The smallest absolute Gasteiger partial charge is 0.240 e. The van der Waals surface area contributed by atoms with Gasteiger partial charge in [0.1, 0.15) is 6.10 Å². The first-order chi connectivity index (χ1) is 10.3. The van der Waals surface area contributed by atoms with Crippen molar-refractivity contribution in [2.45, 2.75) is 24.8 Å². The molecular formula is C15H17NO4S2. The molecule has 2 rings (SSSR count). The maximum Gasteiger partial charge on any atom is 0.240 e. The Morgan fingerprint density at radius 3 is 2.41 bits per heavy atom. The van der Waals surface area contributed by atoms with Crippen molar-refractivity contribution >= 4 is 27.1 Å². The first kappa shape index (κ1) is 16.8. The SMILES string of the molecule is CC(=O)c1ccc(S(=O)(=O)NCC(O)c2sccc2C)cc1. The van der Waals surface area contributed by atoms with Crippen molar-refractivity contribution in [2.24, 2.45) is 0 Å². The van der Waals surface area contributed by atoms with Crippen molar-refractivity contribution in [1.29, 1.82) is 0 Å². The molecule has 1 atom stereocenters. The molecule has 0 fully saturated rings. The third-order valence-corrected chi connectivity index (χ3v) is 5.80. The molecule has 7 heteroatoms. The molecule has 5 nitrogen and oxygen atoms in total. The summed E-state index contributed by atoms with van der Waals surface area (Å²) in [7, 11) is -3.72. The van der Waals surface area contributed by atoms with E-state index in [0.717, 1.165) is 10.4 Å². The summed E-state index contributed by atoms with van der Waals surface area (Å²) >= 11 is 1.39. The van der Waals surface area contributed by atoms with E-state index in [9.17, 15) is 18.3 Å². The molecule has 0 saturated carbocycles. The molecule has 0 amide bonds. The molecule has 0 radical (unpaired) electrons. The van der Waals surface area contributed by atoms with Crippen molar-refractivity contribution < 1.29 is 18.3 Å². The molecule has 0 aliphatic rings. The second-order valence-corrected chi connectivity index (χ2v) is 7.63. The van der Waals surface area contributed by atoms with Gasteiger partial charge in [-0.15, -0.1) is 11.3 Å². The number of carbonyl (C=O) groups excluding carboxylic acids is 1. The molecule has 118 valence electrons. The van der Waals surface area contributed by atoms with E-state index in [0.29, 0.717) is 5.56 Å². The van der Waals surface area contributed by atoms with Crippen molar-refractivity contribution in [3.63, 3.8) is 0 Å². The molecule has 0 bridgehead atoms. The molecule has 0 saturated heterocycles. The second kappa shape index (κ2) is 6.70. The van der Waals surface area contributed by atoms with Gasteiger partial charge >= 0.3 is 0 Å². The zero-order valence-electron chi connectivity index (χ0n) is 12.2. The number of sulfonamides is 1. The van der Waals surface area contributed by atoms with Gasteiger partial charge < -0.3 is 5.11 Å². The Hall–Kier alpha value is -1.54. The highest BCUT2D eigenvalue weighted by Gasteiger charge is 2.18. The number of aliphatic hydroxyl groups excluding tert-OH is 1. The lowest BCUT2D eigenvalue weighted by molar-refractivity contribution is 0.101. The zero-order valence-corrected chi connectivity index (χ0v) is 13.9. The van der Waals surface area contributed by atoms with E-state index in [1.807, 2.05) is 18.4 Å². The highest BCUT2D eigenvalue weighted by atomic mass is 32.2. The summed E-state index contributed by atoms with van der Waals surface area (Å²) in [4.78, 5) is 12.0. The number of aliphatic hydroxyl groups is 1. The number of carbonyl (C=O) groups is 1. The van der Waals surface area contributed by atoms with Crippen LogP contribution in [0.4, 0.5) is 0 Å². The summed E-state index contributed by atoms with van der Waals surface area (Å²) < 4.78 is 26.7. The third kappa shape index (κ3) is 3.80. The van der Waals surface area contributed by atoms with Crippen molar-refractivity contribution in [3.8, 4) is 0 Å². The largest absolute Gasteiger partial charge is 0.386 e. The molecule has 0 aliphatic heterocycles. The van der Waals surface area contributed by atoms with E-state index >= 15 is 0 Å². The van der Waals surface area contributed by atoms with Crippen LogP contribution in [0.1, 0.15) is 33.8 Å². The molecular weight excluding hydrogens is 322 g/mol. The number of Topliss-reactive ketones (excluding diaryl/α,β-unsaturated/α-hetero) is 1. The van der Waals surface area contributed by atoms with Gasteiger partial charge in [0.05, 0.1) is 4.90 Å². The molecule has 1 aromatic carbocycles. The van der Waals surface area contributed by atoms with E-state index in [4.69, 9.17) is 0 Å². The van der Waals surface area contributed by atoms with Gasteiger partial charge in [-0.1, -0.05) is 12.1 Å². The maximum absolute atomic E-state index is 12.2. The number of nitrogens with one attached hydrogen (secondary N) is 1. The van der Waals surface area contributed by atoms with E-state index in [2.05, 4.69) is 4.72 Å². The molecule has 1 aromatic heterocycles. The lowest BCUT2D eigenvalue weighted by Gasteiger charge is -2.12. The van der Waals surface area contributed by atoms with Gasteiger partial charge in [0.2, 0.25) is 10.0 Å². The van der Waals surface area contributed by atoms with Crippen LogP contribution in [0.2, 0.25) is 0 Å². The Bertz CT molecular complexity index is 763. The monoisotopic (exact) mass is 339 g/mol. The first-order valence-electron chi connectivity index (χ1n) is 6.64. The Labute approximate surface area is 133 Å². The Morgan fingerprint density at radius 2 is 1.91 bits per heavy atom. The van der Waals surface area contributed by atoms with Gasteiger partial charge in [0, 0.05) is 17.0 Å². The Kier molecular flexibility index (Phi) is 5.12. The fourth-order valence-electron chi connectivity index (χ4n) is 1.96. The van der Waals surface area contributed by atoms with Crippen molar-refractivity contribution in [1.82, 2.24) is 4.72 Å². The third-order valence-electron chi connectivity index (χ3n) is 3.24. The van der Waals surface area contributed by atoms with Crippen LogP contribution in [0, 0.1) is 6.92 Å². The van der Waals surface area contributed by atoms with Crippen LogP contribution in [0.5, 0.6) is 0 Å². The number of aryl methyl sites for hydroxylation is 1. The van der Waals surface area contributed by atoms with E-state index in [1.54, 1.807) is 0 Å². The number of benzene rings is 1. The summed E-state index contributed by atoms with van der Waals surface area (Å²) in [6, 6.07) is 7.56. The average Bonchev–Trinajstić information content (AvgIpc) is 2.91. The number of hydrogen-bond donors (Lipinski definition) is 2. The highest BCUT2D eigenvalue weighted by molar-refractivity contribution is 7.89. The van der Waals surface area contributed by atoms with Crippen LogP contribution < -0.4 is 4.72 Å². The second-order valence-electron chi connectivity index (χ2n) is 4.92. The topological polar surface area (TPSA) is 83.5 Å². The number of ketones is 1. The summed E-state index contributed by atoms with van der Waals surface area (Å²) in [5.74, 6) is -0.125. The molecule has 1 heterocycles. The fourth-order valence-corrected chi connectivity index (χ4v) is 3.91. The van der Waals surface area contributed by atoms with Gasteiger partial charge in [0.15, 0.2) is 5.78 Å². The van der Waals surface area contributed by atoms with Crippen LogP contribution in [-0.2, 0) is 10.0 Å². The quantitative estimate of drug-likeness (QED) is 0.791. The average molecular weight is 339 g/mol. The Morgan fingerprint density at radius 1 is 1.27 bits per heavy atom. The predicted molar refractivity (Wildman–Crippen MR) is 85.7 cm³/mol. The van der Waals surface area contributed by atoms with Crippen LogP contribution in [0.3, 0.4) is 0 Å². The highest BCUT2D eigenvalue weighted by Crippen LogP contribution is 2.23. The molecule has 2 aromatic rings. The lowest BCUT2D eigenvalue weighted by Crippen LogP contribution is -2.28. The number of thiophene rings is 1. The van der Waals surface area contributed by atoms with Gasteiger partial charge in [0.25, 0.3) is 0 Å². The Balaban J connectivity index is 2.08. The van der Waals surface area contributed by atoms with Crippen LogP contribution in [-0.4, -0.2) is 25.9 Å². The summed E-state index contributed by atoms with van der Waals surface area (Å²) in [5, 5.41) is 11.9.